The molecule has 3 rings (SSSR count). The van der Waals surface area contributed by atoms with Crippen molar-refractivity contribution in [1.82, 2.24) is 9.47 Å². The minimum absolute atomic E-state index is 0.0525. The molecule has 136 valence electrons. The Kier molecular flexibility index (Phi) is 4.72. The fraction of sp³-hybridized carbons (Fsp3) is 0.167. The maximum atomic E-state index is 12.5. The standard InChI is InChI=1S/C18H14N4O5/c1-20(10-13-4-2-12(9-19)3-5-13)17(23)11-21-15-7-6-14(22(25)26)8-16(15)27-18(21)24/h2-8H,10-11H2,1H3. The van der Waals surface area contributed by atoms with Gasteiger partial charge >= 0.3 is 5.76 Å². The number of oxazole rings is 1. The molecule has 1 aromatic heterocycles. The molecule has 9 nitrogen and oxygen atoms in total. The van der Waals surface area contributed by atoms with E-state index in [4.69, 9.17) is 9.68 Å². The van der Waals surface area contributed by atoms with Crippen molar-refractivity contribution in [3.05, 3.63) is 74.3 Å². The van der Waals surface area contributed by atoms with Crippen LogP contribution in [0.1, 0.15) is 11.1 Å². The molecule has 1 heterocycles. The minimum Gasteiger partial charge on any atom is -0.407 e. The van der Waals surface area contributed by atoms with Crippen LogP contribution in [-0.4, -0.2) is 27.3 Å². The van der Waals surface area contributed by atoms with Gasteiger partial charge < -0.3 is 9.32 Å². The number of aromatic nitrogens is 1. The van der Waals surface area contributed by atoms with Gasteiger partial charge in [0.05, 0.1) is 28.1 Å². The zero-order chi connectivity index (χ0) is 19.6. The van der Waals surface area contributed by atoms with Gasteiger partial charge in [-0.25, -0.2) is 4.79 Å². The number of non-ortho nitro benzene ring substituents is 1. The summed E-state index contributed by atoms with van der Waals surface area (Å²) < 4.78 is 6.15. The number of carbonyl (C=O) groups is 1. The molecule has 0 spiro atoms. The average molecular weight is 366 g/mol. The van der Waals surface area contributed by atoms with Gasteiger partial charge in [0.15, 0.2) is 5.58 Å². The highest BCUT2D eigenvalue weighted by Gasteiger charge is 2.18. The van der Waals surface area contributed by atoms with E-state index >= 15 is 0 Å². The minimum atomic E-state index is -0.759. The van der Waals surface area contributed by atoms with Gasteiger partial charge in [-0.15, -0.1) is 0 Å². The van der Waals surface area contributed by atoms with Crippen molar-refractivity contribution in [2.24, 2.45) is 0 Å². The number of fused-ring (bicyclic) bond motifs is 1. The first-order valence-corrected chi connectivity index (χ1v) is 7.90. The van der Waals surface area contributed by atoms with Gasteiger partial charge in [-0.2, -0.15) is 5.26 Å². The molecule has 0 saturated heterocycles. The highest BCUT2D eigenvalue weighted by atomic mass is 16.6. The van der Waals surface area contributed by atoms with Crippen LogP contribution in [0.5, 0.6) is 0 Å². The topological polar surface area (TPSA) is 122 Å². The van der Waals surface area contributed by atoms with E-state index in [2.05, 4.69) is 0 Å². The number of carbonyl (C=O) groups excluding carboxylic acids is 1. The Morgan fingerprint density at radius 3 is 2.63 bits per heavy atom. The summed E-state index contributed by atoms with van der Waals surface area (Å²) in [6.07, 6.45) is 0. The van der Waals surface area contributed by atoms with Crippen molar-refractivity contribution in [3.63, 3.8) is 0 Å². The van der Waals surface area contributed by atoms with Gasteiger partial charge in [-0.3, -0.25) is 19.5 Å². The van der Waals surface area contributed by atoms with E-state index in [0.717, 1.165) is 16.2 Å². The third-order valence-corrected chi connectivity index (χ3v) is 4.08. The van der Waals surface area contributed by atoms with Crippen LogP contribution in [0.4, 0.5) is 5.69 Å². The summed E-state index contributed by atoms with van der Waals surface area (Å²) >= 11 is 0. The average Bonchev–Trinajstić information content (AvgIpc) is 2.96. The van der Waals surface area contributed by atoms with Gasteiger partial charge in [-0.05, 0) is 23.8 Å². The molecule has 0 saturated carbocycles. The number of benzene rings is 2. The normalized spacial score (nSPS) is 10.5. The lowest BCUT2D eigenvalue weighted by molar-refractivity contribution is -0.384. The van der Waals surface area contributed by atoms with Crippen molar-refractivity contribution in [3.8, 4) is 6.07 Å². The zero-order valence-corrected chi connectivity index (χ0v) is 14.3. The summed E-state index contributed by atoms with van der Waals surface area (Å²) in [5, 5.41) is 19.6. The van der Waals surface area contributed by atoms with Crippen molar-refractivity contribution < 1.29 is 14.1 Å². The fourth-order valence-corrected chi connectivity index (χ4v) is 2.62. The number of likely N-dealkylation sites (N-methyl/N-ethyl adjacent to an activating group) is 1. The summed E-state index contributed by atoms with van der Waals surface area (Å²) in [6.45, 7) is 0.0526. The van der Waals surface area contributed by atoms with E-state index in [1.54, 1.807) is 31.3 Å². The Morgan fingerprint density at radius 1 is 1.30 bits per heavy atom. The van der Waals surface area contributed by atoms with E-state index in [0.29, 0.717) is 17.6 Å². The molecule has 1 amide bonds. The number of nitro benzene ring substituents is 1. The number of nitriles is 1. The maximum absolute atomic E-state index is 12.5. The molecule has 2 aromatic carbocycles. The molecule has 0 aliphatic carbocycles. The molecule has 0 N–H and O–H groups in total. The number of nitrogens with zero attached hydrogens (tertiary/aromatic N) is 4. The van der Waals surface area contributed by atoms with Crippen molar-refractivity contribution in [2.75, 3.05) is 7.05 Å². The Morgan fingerprint density at radius 2 is 2.00 bits per heavy atom. The molecular formula is C18H14N4O5. The molecule has 0 aliphatic heterocycles. The molecule has 27 heavy (non-hydrogen) atoms. The Bertz CT molecular complexity index is 1120. The smallest absolute Gasteiger partial charge is 0.407 e. The third kappa shape index (κ3) is 3.69. The first kappa shape index (κ1) is 17.9. The number of nitro groups is 1. The number of amides is 1. The van der Waals surface area contributed by atoms with E-state index in [1.807, 2.05) is 6.07 Å². The summed E-state index contributed by atoms with van der Waals surface area (Å²) in [6, 6.07) is 12.6. The Labute approximate surface area is 152 Å². The van der Waals surface area contributed by atoms with Gasteiger partial charge in [0, 0.05) is 19.7 Å². The van der Waals surface area contributed by atoms with Crippen LogP contribution >= 0.6 is 0 Å². The predicted molar refractivity (Wildman–Crippen MR) is 94.8 cm³/mol. The van der Waals surface area contributed by atoms with Crippen molar-refractivity contribution in [1.29, 1.82) is 5.26 Å². The van der Waals surface area contributed by atoms with Crippen LogP contribution in [0, 0.1) is 21.4 Å². The highest BCUT2D eigenvalue weighted by Crippen LogP contribution is 2.20. The monoisotopic (exact) mass is 366 g/mol. The third-order valence-electron chi connectivity index (χ3n) is 4.08. The summed E-state index contributed by atoms with van der Waals surface area (Å²) in [4.78, 5) is 36.2. The molecule has 0 unspecified atom stereocenters. The number of rotatable bonds is 5. The Balaban J connectivity index is 1.78. The summed E-state index contributed by atoms with van der Waals surface area (Å²) in [7, 11) is 1.60. The number of hydrogen-bond donors (Lipinski definition) is 0. The maximum Gasteiger partial charge on any atom is 0.420 e. The van der Waals surface area contributed by atoms with Crippen LogP contribution < -0.4 is 5.76 Å². The second kappa shape index (κ2) is 7.13. The molecule has 0 fully saturated rings. The van der Waals surface area contributed by atoms with Gasteiger partial charge in [-0.1, -0.05) is 12.1 Å². The van der Waals surface area contributed by atoms with Gasteiger partial charge in [0.2, 0.25) is 5.91 Å². The van der Waals surface area contributed by atoms with Crippen molar-refractivity contribution >= 4 is 22.7 Å². The first-order chi connectivity index (χ1) is 12.9. The lowest BCUT2D eigenvalue weighted by Crippen LogP contribution is -2.32. The fourth-order valence-electron chi connectivity index (χ4n) is 2.62. The molecular weight excluding hydrogens is 352 g/mol. The highest BCUT2D eigenvalue weighted by molar-refractivity contribution is 5.80. The summed E-state index contributed by atoms with van der Waals surface area (Å²) in [5.74, 6) is -1.09. The molecule has 0 atom stereocenters. The molecule has 9 heteroatoms. The molecule has 0 aliphatic rings. The van der Waals surface area contributed by atoms with E-state index in [1.165, 1.54) is 17.0 Å². The van der Waals surface area contributed by atoms with E-state index in [9.17, 15) is 19.7 Å². The predicted octanol–water partition coefficient (Wildman–Crippen LogP) is 2.03. The second-order valence-electron chi connectivity index (χ2n) is 5.92. The lowest BCUT2D eigenvalue weighted by Gasteiger charge is -2.17. The summed E-state index contributed by atoms with van der Waals surface area (Å²) in [5.41, 5.74) is 1.53. The van der Waals surface area contributed by atoms with Gasteiger partial charge in [0.1, 0.15) is 6.54 Å². The first-order valence-electron chi connectivity index (χ1n) is 7.90. The van der Waals surface area contributed by atoms with Crippen LogP contribution in [0.25, 0.3) is 11.1 Å². The van der Waals surface area contributed by atoms with Crippen LogP contribution in [0.2, 0.25) is 0 Å². The lowest BCUT2D eigenvalue weighted by atomic mass is 10.1. The quantitative estimate of drug-likeness (QED) is 0.503. The molecule has 3 aromatic rings. The zero-order valence-electron chi connectivity index (χ0n) is 14.3. The largest absolute Gasteiger partial charge is 0.420 e. The van der Waals surface area contributed by atoms with Gasteiger partial charge in [0.25, 0.3) is 5.69 Å². The van der Waals surface area contributed by atoms with E-state index < -0.39 is 10.7 Å². The molecule has 0 bridgehead atoms. The number of hydrogen-bond acceptors (Lipinski definition) is 6. The van der Waals surface area contributed by atoms with Crippen LogP contribution in [0.3, 0.4) is 0 Å². The van der Waals surface area contributed by atoms with Crippen LogP contribution in [0.15, 0.2) is 51.7 Å². The Hall–Kier alpha value is -3.93. The molecule has 0 radical (unpaired) electrons. The SMILES string of the molecule is CN(Cc1ccc(C#N)cc1)C(=O)Cn1c(=O)oc2cc([N+](=O)[O-])ccc21. The van der Waals surface area contributed by atoms with Crippen LogP contribution in [-0.2, 0) is 17.9 Å². The van der Waals surface area contributed by atoms with E-state index in [-0.39, 0.29) is 23.7 Å². The second-order valence-corrected chi connectivity index (χ2v) is 5.92. The van der Waals surface area contributed by atoms with Crippen molar-refractivity contribution in [2.45, 2.75) is 13.1 Å².